The number of ether oxygens (including phenoxy) is 1. The molecule has 1 aromatic carbocycles. The minimum atomic E-state index is -2.45. The van der Waals surface area contributed by atoms with Crippen LogP contribution in [0.4, 0.5) is 5.82 Å². The zero-order chi connectivity index (χ0) is 23.5. The minimum Gasteiger partial charge on any atom is -0.497 e. The van der Waals surface area contributed by atoms with Gasteiger partial charge in [0.05, 0.1) is 23.8 Å². The molecule has 5 rings (SSSR count). The second-order valence-corrected chi connectivity index (χ2v) is 7.55. The molecule has 3 N–H and O–H groups in total. The first kappa shape index (κ1) is 15.2. The molecule has 0 radical (unpaired) electrons. The van der Waals surface area contributed by atoms with Crippen LogP contribution in [0.5, 0.6) is 5.75 Å². The summed E-state index contributed by atoms with van der Waals surface area (Å²) in [5.74, 6) is 0.697. The number of anilines is 1. The first-order chi connectivity index (χ1) is 15.6. The third-order valence-electron chi connectivity index (χ3n) is 5.92. The van der Waals surface area contributed by atoms with Gasteiger partial charge in [-0.1, -0.05) is 6.92 Å². The summed E-state index contributed by atoms with van der Waals surface area (Å²) in [7, 11) is 1.57. The highest BCUT2D eigenvalue weighted by Gasteiger charge is 2.58. The van der Waals surface area contributed by atoms with E-state index in [9.17, 15) is 4.79 Å². The summed E-state index contributed by atoms with van der Waals surface area (Å²) in [6.45, 7) is -0.506. The van der Waals surface area contributed by atoms with E-state index in [0.717, 1.165) is 0 Å². The number of pyridine rings is 2. The summed E-state index contributed by atoms with van der Waals surface area (Å²) in [5, 5.41) is 3.50. The number of aromatic nitrogens is 3. The Labute approximate surface area is 176 Å². The third kappa shape index (κ3) is 2.53. The normalized spacial score (nSPS) is 22.3. The molecule has 30 heavy (non-hydrogen) atoms. The van der Waals surface area contributed by atoms with E-state index in [-0.39, 0.29) is 11.7 Å². The van der Waals surface area contributed by atoms with Gasteiger partial charge in [0.25, 0.3) is 0 Å². The number of hydrogen-bond donors (Lipinski definition) is 2. The molecule has 0 bridgehead atoms. The van der Waals surface area contributed by atoms with E-state index in [1.807, 2.05) is 6.92 Å². The number of nitrogens with one attached hydrogen (secondary N) is 1. The summed E-state index contributed by atoms with van der Waals surface area (Å²) >= 11 is 0. The number of rotatable bonds is 5. The highest BCUT2D eigenvalue weighted by atomic mass is 16.5. The fourth-order valence-electron chi connectivity index (χ4n) is 4.05. The van der Waals surface area contributed by atoms with Crippen molar-refractivity contribution in [2.24, 2.45) is 11.7 Å². The van der Waals surface area contributed by atoms with Gasteiger partial charge in [0.1, 0.15) is 17.1 Å². The van der Waals surface area contributed by atoms with Crippen molar-refractivity contribution < 1.29 is 18.1 Å². The van der Waals surface area contributed by atoms with E-state index >= 15 is 0 Å². The summed E-state index contributed by atoms with van der Waals surface area (Å²) < 4.78 is 33.9. The Morgan fingerprint density at radius 1 is 1.33 bits per heavy atom. The first-order valence-corrected chi connectivity index (χ1v) is 9.44. The minimum absolute atomic E-state index is 0.0574. The van der Waals surface area contributed by atoms with Crippen LogP contribution in [0, 0.1) is 5.92 Å². The molecule has 3 heterocycles. The van der Waals surface area contributed by atoms with Crippen molar-refractivity contribution in [2.75, 3.05) is 19.4 Å². The topological polar surface area (TPSA) is 116 Å². The molecule has 1 saturated carbocycles. The van der Waals surface area contributed by atoms with Crippen molar-refractivity contribution in [3.63, 3.8) is 0 Å². The molecule has 8 heteroatoms. The lowest BCUT2D eigenvalue weighted by molar-refractivity contribution is -0.120. The zero-order valence-electron chi connectivity index (χ0n) is 19.4. The Kier molecular flexibility index (Phi) is 3.25. The summed E-state index contributed by atoms with van der Waals surface area (Å²) in [6, 6.07) is 7.03. The Hall–Kier alpha value is -3.68. The highest BCUT2D eigenvalue weighted by Crippen LogP contribution is 2.53. The maximum Gasteiger partial charge on any atom is 0.229 e. The molecule has 2 unspecified atom stereocenters. The molecule has 8 nitrogen and oxygen atoms in total. The van der Waals surface area contributed by atoms with Crippen molar-refractivity contribution >= 4 is 33.6 Å². The average molecular weight is 406 g/mol. The molecule has 0 spiro atoms. The molecule has 4 aromatic rings. The van der Waals surface area contributed by atoms with Crippen molar-refractivity contribution in [3.8, 4) is 17.2 Å². The van der Waals surface area contributed by atoms with Gasteiger partial charge in [-0.3, -0.25) is 9.78 Å². The smallest absolute Gasteiger partial charge is 0.229 e. The molecular weight excluding hydrogens is 382 g/mol. The number of primary amides is 1. The number of nitrogens with zero attached hydrogens (tertiary/aromatic N) is 3. The van der Waals surface area contributed by atoms with Gasteiger partial charge in [0, 0.05) is 40.3 Å². The standard InChI is InChI=1S/C22H21N5O3/c1-11-8-22(11,21(23)28)18-7-13-14(9-25-18)19(24-2)26-10-15(13)20-27-16-6-12(29-3)4-5-17(16)30-20/h4-7,9-11H,8H2,1-3H3,(H2,23,28)(H,24,26)/i2D3. The summed E-state index contributed by atoms with van der Waals surface area (Å²) in [6.07, 6.45) is 3.61. The van der Waals surface area contributed by atoms with Crippen LogP contribution < -0.4 is 15.8 Å². The Bertz CT molecular complexity index is 1420. The molecule has 1 amide bonds. The average Bonchev–Trinajstić information content (AvgIpc) is 3.28. The van der Waals surface area contributed by atoms with E-state index in [1.165, 1.54) is 12.4 Å². The van der Waals surface area contributed by atoms with Gasteiger partial charge in [-0.05, 0) is 30.5 Å². The number of fused-ring (bicyclic) bond motifs is 2. The van der Waals surface area contributed by atoms with Gasteiger partial charge in [-0.25, -0.2) is 9.97 Å². The van der Waals surface area contributed by atoms with E-state index in [1.54, 1.807) is 31.4 Å². The number of benzene rings is 1. The molecular formula is C22H21N5O3. The van der Waals surface area contributed by atoms with Crippen LogP contribution in [0.3, 0.4) is 0 Å². The number of carbonyl (C=O) groups is 1. The van der Waals surface area contributed by atoms with Gasteiger partial charge in [0.2, 0.25) is 11.8 Å². The van der Waals surface area contributed by atoms with E-state index < -0.39 is 18.3 Å². The molecule has 1 fully saturated rings. The Morgan fingerprint density at radius 3 is 2.87 bits per heavy atom. The molecule has 2 atom stereocenters. The van der Waals surface area contributed by atoms with Gasteiger partial charge in [-0.2, -0.15) is 0 Å². The number of nitrogens with two attached hydrogens (primary N) is 1. The van der Waals surface area contributed by atoms with Crippen LogP contribution in [-0.2, 0) is 10.2 Å². The number of hydrogen-bond acceptors (Lipinski definition) is 7. The Balaban J connectivity index is 1.73. The molecule has 0 saturated heterocycles. The molecule has 1 aliphatic rings. The van der Waals surface area contributed by atoms with Crippen LogP contribution in [0.15, 0.2) is 41.1 Å². The molecule has 3 aromatic heterocycles. The lowest BCUT2D eigenvalue weighted by Gasteiger charge is -2.14. The van der Waals surface area contributed by atoms with Crippen LogP contribution in [0.1, 0.15) is 23.2 Å². The first-order valence-electron chi connectivity index (χ1n) is 10.9. The predicted molar refractivity (Wildman–Crippen MR) is 113 cm³/mol. The van der Waals surface area contributed by atoms with Crippen LogP contribution in [0.25, 0.3) is 33.3 Å². The fraction of sp³-hybridized carbons (Fsp3) is 0.273. The van der Waals surface area contributed by atoms with Crippen molar-refractivity contribution in [1.82, 2.24) is 15.0 Å². The second kappa shape index (κ2) is 6.41. The van der Waals surface area contributed by atoms with Crippen molar-refractivity contribution in [2.45, 2.75) is 18.8 Å². The van der Waals surface area contributed by atoms with Crippen LogP contribution in [-0.4, -0.2) is 34.9 Å². The monoisotopic (exact) mass is 406 g/mol. The largest absolute Gasteiger partial charge is 0.497 e. The number of methoxy groups -OCH3 is 1. The van der Waals surface area contributed by atoms with Crippen molar-refractivity contribution in [1.29, 1.82) is 0 Å². The van der Waals surface area contributed by atoms with Gasteiger partial charge in [-0.15, -0.1) is 0 Å². The van der Waals surface area contributed by atoms with Crippen LogP contribution in [0.2, 0.25) is 0 Å². The van der Waals surface area contributed by atoms with Gasteiger partial charge < -0.3 is 20.2 Å². The maximum absolute atomic E-state index is 12.3. The quantitative estimate of drug-likeness (QED) is 0.522. The third-order valence-corrected chi connectivity index (χ3v) is 5.92. The van der Waals surface area contributed by atoms with E-state index in [4.69, 9.17) is 19.0 Å². The lowest BCUT2D eigenvalue weighted by Crippen LogP contribution is -2.31. The summed E-state index contributed by atoms with van der Waals surface area (Å²) in [5.41, 5.74) is 7.09. The molecule has 1 aliphatic carbocycles. The molecule has 152 valence electrons. The van der Waals surface area contributed by atoms with E-state index in [0.29, 0.717) is 51.2 Å². The summed E-state index contributed by atoms with van der Waals surface area (Å²) in [4.78, 5) is 25.6. The Morgan fingerprint density at radius 2 is 2.17 bits per heavy atom. The maximum atomic E-state index is 12.3. The molecule has 0 aliphatic heterocycles. The number of amides is 1. The lowest BCUT2D eigenvalue weighted by atomic mass is 9.95. The fourth-order valence-corrected chi connectivity index (χ4v) is 4.05. The van der Waals surface area contributed by atoms with Gasteiger partial charge >= 0.3 is 0 Å². The van der Waals surface area contributed by atoms with E-state index in [2.05, 4.69) is 20.3 Å². The zero-order valence-corrected chi connectivity index (χ0v) is 16.4. The van der Waals surface area contributed by atoms with Crippen LogP contribution >= 0.6 is 0 Å². The van der Waals surface area contributed by atoms with Crippen molar-refractivity contribution in [3.05, 3.63) is 42.4 Å². The highest BCUT2D eigenvalue weighted by molar-refractivity contribution is 6.02. The second-order valence-electron chi connectivity index (χ2n) is 7.55. The SMILES string of the molecule is [2H]C([2H])([2H])Nc1ncc(-c2nc3cc(OC)ccc3o2)c2cc(C3(C(N)=O)CC3C)ncc12. The predicted octanol–water partition coefficient (Wildman–Crippen LogP) is 3.25. The number of carbonyl (C=O) groups excluding carboxylic acids is 1. The van der Waals surface area contributed by atoms with Gasteiger partial charge in [0.15, 0.2) is 5.58 Å². The number of oxazole rings is 1.